The molecule has 1 aromatic rings. The number of methoxy groups -OCH3 is 1. The van der Waals surface area contributed by atoms with E-state index in [9.17, 15) is 0 Å². The van der Waals surface area contributed by atoms with E-state index in [0.29, 0.717) is 18.4 Å². The molecule has 0 bridgehead atoms. The van der Waals surface area contributed by atoms with Crippen molar-refractivity contribution in [3.05, 3.63) is 29.3 Å². The van der Waals surface area contributed by atoms with Crippen molar-refractivity contribution in [2.24, 2.45) is 5.92 Å². The molecule has 0 aromatic heterocycles. The van der Waals surface area contributed by atoms with Crippen LogP contribution in [0.3, 0.4) is 0 Å². The van der Waals surface area contributed by atoms with Gasteiger partial charge in [-0.05, 0) is 42.4 Å². The first-order chi connectivity index (χ1) is 6.76. The van der Waals surface area contributed by atoms with Gasteiger partial charge in [-0.3, -0.25) is 0 Å². The lowest BCUT2D eigenvalue weighted by Gasteiger charge is -2.06. The zero-order valence-electron chi connectivity index (χ0n) is 8.66. The average Bonchev–Trinajstić information content (AvgIpc) is 2.96. The van der Waals surface area contributed by atoms with Gasteiger partial charge in [0.15, 0.2) is 0 Å². The Bertz CT molecular complexity index is 333. The third-order valence-corrected chi connectivity index (χ3v) is 3.00. The van der Waals surface area contributed by atoms with E-state index in [1.165, 1.54) is 11.1 Å². The molecule has 0 aliphatic heterocycles. The molecule has 2 nitrogen and oxygen atoms in total. The van der Waals surface area contributed by atoms with E-state index >= 15 is 0 Å². The van der Waals surface area contributed by atoms with Crippen LogP contribution in [0.15, 0.2) is 18.2 Å². The maximum Gasteiger partial charge on any atom is 0.121 e. The van der Waals surface area contributed by atoms with E-state index < -0.39 is 0 Å². The fraction of sp³-hybridized carbons (Fsp3) is 0.500. The molecule has 2 heteroatoms. The fourth-order valence-corrected chi connectivity index (χ4v) is 1.99. The largest absolute Gasteiger partial charge is 0.496 e. The molecular weight excluding hydrogens is 176 g/mol. The van der Waals surface area contributed by atoms with Crippen LogP contribution in [0.4, 0.5) is 0 Å². The van der Waals surface area contributed by atoms with Crippen molar-refractivity contribution in [2.45, 2.75) is 19.3 Å². The first-order valence-corrected chi connectivity index (χ1v) is 5.01. The van der Waals surface area contributed by atoms with Gasteiger partial charge < -0.3 is 9.84 Å². The van der Waals surface area contributed by atoms with Crippen LogP contribution in [0.25, 0.3) is 0 Å². The monoisotopic (exact) mass is 192 g/mol. The van der Waals surface area contributed by atoms with Crippen LogP contribution in [0.2, 0.25) is 0 Å². The van der Waals surface area contributed by atoms with Crippen molar-refractivity contribution in [3.63, 3.8) is 0 Å². The van der Waals surface area contributed by atoms with Gasteiger partial charge in [0.05, 0.1) is 7.11 Å². The predicted octanol–water partition coefficient (Wildman–Crippen LogP) is 2.10. The molecule has 2 rings (SSSR count). The molecule has 14 heavy (non-hydrogen) atoms. The molecule has 2 atom stereocenters. The fourth-order valence-electron chi connectivity index (χ4n) is 1.99. The first-order valence-electron chi connectivity index (χ1n) is 5.01. The van der Waals surface area contributed by atoms with Gasteiger partial charge in [-0.1, -0.05) is 12.1 Å². The van der Waals surface area contributed by atoms with Crippen molar-refractivity contribution in [1.29, 1.82) is 0 Å². The van der Waals surface area contributed by atoms with Crippen molar-refractivity contribution >= 4 is 0 Å². The molecular formula is C12H16O2. The summed E-state index contributed by atoms with van der Waals surface area (Å²) in [7, 11) is 1.69. The highest BCUT2D eigenvalue weighted by Gasteiger charge is 2.37. The zero-order valence-corrected chi connectivity index (χ0v) is 8.66. The standard InChI is InChI=1S/C12H16O2/c1-8-5-9(3-4-12(8)14-2)11-6-10(11)7-13/h3-5,10-11,13H,6-7H2,1-2H3/t10-,11-/m0/s1. The topological polar surface area (TPSA) is 29.5 Å². The molecule has 0 amide bonds. The average molecular weight is 192 g/mol. The summed E-state index contributed by atoms with van der Waals surface area (Å²) in [6, 6.07) is 6.28. The summed E-state index contributed by atoms with van der Waals surface area (Å²) in [5, 5.41) is 8.98. The minimum atomic E-state index is 0.315. The molecule has 1 aromatic carbocycles. The molecule has 76 valence electrons. The van der Waals surface area contributed by atoms with Gasteiger partial charge in [0.25, 0.3) is 0 Å². The van der Waals surface area contributed by atoms with Gasteiger partial charge >= 0.3 is 0 Å². The summed E-state index contributed by atoms with van der Waals surface area (Å²) in [6.45, 7) is 2.37. The molecule has 0 heterocycles. The SMILES string of the molecule is COc1ccc([C@@H]2C[C@H]2CO)cc1C. The summed E-state index contributed by atoms with van der Waals surface area (Å²) in [6.07, 6.45) is 1.13. The summed E-state index contributed by atoms with van der Waals surface area (Å²) in [5.74, 6) is 2.00. The van der Waals surface area contributed by atoms with Crippen LogP contribution in [-0.2, 0) is 0 Å². The van der Waals surface area contributed by atoms with Crippen LogP contribution in [0, 0.1) is 12.8 Å². The number of benzene rings is 1. The molecule has 1 fully saturated rings. The predicted molar refractivity (Wildman–Crippen MR) is 55.7 cm³/mol. The van der Waals surface area contributed by atoms with Gasteiger partial charge in [0.1, 0.15) is 5.75 Å². The summed E-state index contributed by atoms with van der Waals surface area (Å²) in [4.78, 5) is 0. The van der Waals surface area contributed by atoms with Gasteiger partial charge in [0, 0.05) is 6.61 Å². The van der Waals surface area contributed by atoms with E-state index in [1.54, 1.807) is 7.11 Å². The van der Waals surface area contributed by atoms with E-state index in [4.69, 9.17) is 9.84 Å². The quantitative estimate of drug-likeness (QED) is 0.794. The first kappa shape index (κ1) is 9.53. The Morgan fingerprint density at radius 2 is 2.29 bits per heavy atom. The highest BCUT2D eigenvalue weighted by Crippen LogP contribution is 2.47. The molecule has 0 unspecified atom stereocenters. The minimum Gasteiger partial charge on any atom is -0.496 e. The Hall–Kier alpha value is -1.02. The Morgan fingerprint density at radius 1 is 1.50 bits per heavy atom. The van der Waals surface area contributed by atoms with Crippen LogP contribution >= 0.6 is 0 Å². The van der Waals surface area contributed by atoms with Crippen molar-refractivity contribution < 1.29 is 9.84 Å². The molecule has 1 aliphatic carbocycles. The van der Waals surface area contributed by atoms with Crippen molar-refractivity contribution in [3.8, 4) is 5.75 Å². The number of hydrogen-bond acceptors (Lipinski definition) is 2. The van der Waals surface area contributed by atoms with E-state index in [2.05, 4.69) is 19.1 Å². The minimum absolute atomic E-state index is 0.315. The maximum atomic E-state index is 8.98. The lowest BCUT2D eigenvalue weighted by Crippen LogP contribution is -1.91. The number of aryl methyl sites for hydroxylation is 1. The number of aliphatic hydroxyl groups is 1. The number of hydrogen-bond donors (Lipinski definition) is 1. The molecule has 0 spiro atoms. The number of ether oxygens (including phenoxy) is 1. The smallest absolute Gasteiger partial charge is 0.121 e. The van der Waals surface area contributed by atoms with Crippen LogP contribution in [0.1, 0.15) is 23.5 Å². The molecule has 0 radical (unpaired) electrons. The zero-order chi connectivity index (χ0) is 10.1. The van der Waals surface area contributed by atoms with Gasteiger partial charge in [-0.25, -0.2) is 0 Å². The van der Waals surface area contributed by atoms with Gasteiger partial charge in [-0.15, -0.1) is 0 Å². The maximum absolute atomic E-state index is 8.98. The molecule has 1 N–H and O–H groups in total. The second kappa shape index (κ2) is 3.62. The highest BCUT2D eigenvalue weighted by molar-refractivity contribution is 5.39. The van der Waals surface area contributed by atoms with Crippen LogP contribution in [-0.4, -0.2) is 18.8 Å². The van der Waals surface area contributed by atoms with Crippen LogP contribution in [0.5, 0.6) is 5.75 Å². The third-order valence-electron chi connectivity index (χ3n) is 3.00. The lowest BCUT2D eigenvalue weighted by atomic mass is 10.1. The third kappa shape index (κ3) is 1.62. The number of rotatable bonds is 3. The second-order valence-corrected chi connectivity index (χ2v) is 4.01. The lowest BCUT2D eigenvalue weighted by molar-refractivity contribution is 0.274. The Balaban J connectivity index is 2.17. The summed E-state index contributed by atoms with van der Waals surface area (Å²) < 4.78 is 5.20. The molecule has 0 saturated heterocycles. The van der Waals surface area contributed by atoms with E-state index in [1.807, 2.05) is 6.07 Å². The Kier molecular flexibility index (Phi) is 2.46. The van der Waals surface area contributed by atoms with Gasteiger partial charge in [0.2, 0.25) is 0 Å². The molecule has 1 aliphatic rings. The molecule has 1 saturated carbocycles. The van der Waals surface area contributed by atoms with Crippen LogP contribution < -0.4 is 4.74 Å². The highest BCUT2D eigenvalue weighted by atomic mass is 16.5. The van der Waals surface area contributed by atoms with E-state index in [0.717, 1.165) is 12.2 Å². The van der Waals surface area contributed by atoms with E-state index in [-0.39, 0.29) is 0 Å². The summed E-state index contributed by atoms with van der Waals surface area (Å²) >= 11 is 0. The van der Waals surface area contributed by atoms with Gasteiger partial charge in [-0.2, -0.15) is 0 Å². The summed E-state index contributed by atoms with van der Waals surface area (Å²) in [5.41, 5.74) is 2.51. The number of aliphatic hydroxyl groups excluding tert-OH is 1. The second-order valence-electron chi connectivity index (χ2n) is 4.01. The van der Waals surface area contributed by atoms with Crippen molar-refractivity contribution in [1.82, 2.24) is 0 Å². The Morgan fingerprint density at radius 3 is 2.79 bits per heavy atom. The normalized spacial score (nSPS) is 24.8. The van der Waals surface area contributed by atoms with Crippen molar-refractivity contribution in [2.75, 3.05) is 13.7 Å². The Labute approximate surface area is 84.5 Å².